The van der Waals surface area contributed by atoms with Crippen molar-refractivity contribution in [3.63, 3.8) is 0 Å². The Morgan fingerprint density at radius 3 is 2.62 bits per heavy atom. The van der Waals surface area contributed by atoms with Gasteiger partial charge in [-0.15, -0.1) is 0 Å². The van der Waals surface area contributed by atoms with Gasteiger partial charge >= 0.3 is 5.97 Å². The summed E-state index contributed by atoms with van der Waals surface area (Å²) < 4.78 is 0.928. The summed E-state index contributed by atoms with van der Waals surface area (Å²) in [4.78, 5) is 13.7. The van der Waals surface area contributed by atoms with Gasteiger partial charge in [-0.05, 0) is 42.2 Å². The summed E-state index contributed by atoms with van der Waals surface area (Å²) in [6, 6.07) is 12.5. The molecule has 0 bridgehead atoms. The second kappa shape index (κ2) is 7.44. The van der Waals surface area contributed by atoms with Gasteiger partial charge in [-0.3, -0.25) is 9.69 Å². The molecule has 2 aromatic rings. The van der Waals surface area contributed by atoms with Crippen LogP contribution >= 0.6 is 39.1 Å². The molecule has 2 atom stereocenters. The molecule has 24 heavy (non-hydrogen) atoms. The van der Waals surface area contributed by atoms with E-state index in [-0.39, 0.29) is 6.04 Å². The number of carbonyl (C=O) groups is 1. The van der Waals surface area contributed by atoms with E-state index in [9.17, 15) is 9.90 Å². The smallest absolute Gasteiger partial charge is 0.320 e. The lowest BCUT2D eigenvalue weighted by Gasteiger charge is -2.33. The van der Waals surface area contributed by atoms with Gasteiger partial charge in [0.25, 0.3) is 0 Å². The number of carboxylic acids is 1. The lowest BCUT2D eigenvalue weighted by Crippen LogP contribution is -2.39. The summed E-state index contributed by atoms with van der Waals surface area (Å²) in [5.41, 5.74) is 1.86. The lowest BCUT2D eigenvalue weighted by atomic mass is 9.96. The molecule has 0 radical (unpaired) electrons. The van der Waals surface area contributed by atoms with Gasteiger partial charge in [-0.25, -0.2) is 0 Å². The maximum atomic E-state index is 11.7. The highest BCUT2D eigenvalue weighted by atomic mass is 79.9. The van der Waals surface area contributed by atoms with Gasteiger partial charge in [0.1, 0.15) is 6.04 Å². The third kappa shape index (κ3) is 3.47. The van der Waals surface area contributed by atoms with Crippen LogP contribution in [0.5, 0.6) is 0 Å². The number of rotatable bonds is 4. The van der Waals surface area contributed by atoms with Gasteiger partial charge in [0, 0.05) is 21.1 Å². The van der Waals surface area contributed by atoms with E-state index in [1.165, 1.54) is 0 Å². The first-order chi connectivity index (χ1) is 11.5. The highest BCUT2D eigenvalue weighted by Crippen LogP contribution is 2.41. The molecule has 0 spiro atoms. The number of hydrogen-bond acceptors (Lipinski definition) is 2. The summed E-state index contributed by atoms with van der Waals surface area (Å²) in [7, 11) is 0. The molecule has 0 aliphatic carbocycles. The Bertz CT molecular complexity index is 768. The second-order valence-corrected chi connectivity index (χ2v) is 7.52. The Morgan fingerprint density at radius 2 is 1.96 bits per heavy atom. The van der Waals surface area contributed by atoms with E-state index in [2.05, 4.69) is 15.9 Å². The average Bonchev–Trinajstić information content (AvgIpc) is 3.01. The quantitative estimate of drug-likeness (QED) is 0.709. The van der Waals surface area contributed by atoms with Gasteiger partial charge in [0.2, 0.25) is 0 Å². The van der Waals surface area contributed by atoms with E-state index in [1.807, 2.05) is 35.2 Å². The predicted octanol–water partition coefficient (Wildman–Crippen LogP) is 5.39. The molecular weight excluding hydrogens is 413 g/mol. The Hall–Kier alpha value is -1.07. The molecule has 1 N–H and O–H groups in total. The molecule has 2 aromatic carbocycles. The first-order valence-electron chi connectivity index (χ1n) is 7.67. The van der Waals surface area contributed by atoms with E-state index >= 15 is 0 Å². The molecule has 3 rings (SSSR count). The Labute approximate surface area is 159 Å². The van der Waals surface area contributed by atoms with E-state index in [1.54, 1.807) is 12.1 Å². The van der Waals surface area contributed by atoms with Crippen molar-refractivity contribution in [2.24, 2.45) is 0 Å². The molecule has 2 unspecified atom stereocenters. The summed E-state index contributed by atoms with van der Waals surface area (Å²) in [5.74, 6) is -0.797. The average molecular weight is 429 g/mol. The van der Waals surface area contributed by atoms with Crippen LogP contribution in [0.4, 0.5) is 0 Å². The van der Waals surface area contributed by atoms with Crippen LogP contribution in [0.2, 0.25) is 10.0 Å². The van der Waals surface area contributed by atoms with Crippen LogP contribution in [-0.2, 0) is 4.79 Å². The summed E-state index contributed by atoms with van der Waals surface area (Å²) in [6.07, 6.45) is 1.49. The molecule has 126 valence electrons. The van der Waals surface area contributed by atoms with Gasteiger partial charge < -0.3 is 5.11 Å². The maximum Gasteiger partial charge on any atom is 0.320 e. The fourth-order valence-corrected chi connectivity index (χ4v) is 4.32. The fraction of sp³-hybridized carbons (Fsp3) is 0.278. The second-order valence-electron chi connectivity index (χ2n) is 5.82. The van der Waals surface area contributed by atoms with E-state index in [0.29, 0.717) is 23.0 Å². The maximum absolute atomic E-state index is 11.7. The zero-order valence-corrected chi connectivity index (χ0v) is 15.9. The molecule has 6 heteroatoms. The minimum atomic E-state index is -0.797. The third-order valence-electron chi connectivity index (χ3n) is 4.37. The van der Waals surface area contributed by atoms with Crippen LogP contribution < -0.4 is 0 Å². The monoisotopic (exact) mass is 427 g/mol. The van der Waals surface area contributed by atoms with E-state index in [0.717, 1.165) is 22.0 Å². The normalized spacial score (nSPS) is 19.4. The van der Waals surface area contributed by atoms with Gasteiger partial charge in [-0.2, -0.15) is 0 Å². The van der Waals surface area contributed by atoms with Crippen molar-refractivity contribution in [3.8, 4) is 0 Å². The molecule has 1 saturated heterocycles. The summed E-state index contributed by atoms with van der Waals surface area (Å²) in [6.45, 7) is 0.710. The van der Waals surface area contributed by atoms with Crippen molar-refractivity contribution >= 4 is 45.1 Å². The van der Waals surface area contributed by atoms with Crippen molar-refractivity contribution in [2.45, 2.75) is 24.9 Å². The van der Waals surface area contributed by atoms with Crippen molar-refractivity contribution < 1.29 is 9.90 Å². The number of nitrogens with zero attached hydrogens (tertiary/aromatic N) is 1. The van der Waals surface area contributed by atoms with Crippen molar-refractivity contribution in [3.05, 3.63) is 68.1 Å². The topological polar surface area (TPSA) is 40.5 Å². The number of benzene rings is 2. The van der Waals surface area contributed by atoms with Crippen molar-refractivity contribution in [2.75, 3.05) is 6.54 Å². The molecule has 1 aliphatic heterocycles. The third-order valence-corrected chi connectivity index (χ3v) is 5.65. The largest absolute Gasteiger partial charge is 0.480 e. The minimum absolute atomic E-state index is 0.242. The summed E-state index contributed by atoms with van der Waals surface area (Å²) in [5, 5.41) is 10.7. The molecule has 3 nitrogen and oxygen atoms in total. The van der Waals surface area contributed by atoms with Gasteiger partial charge in [0.05, 0.1) is 6.04 Å². The molecule has 1 fully saturated rings. The van der Waals surface area contributed by atoms with E-state index < -0.39 is 12.0 Å². The molecule has 0 saturated carbocycles. The Morgan fingerprint density at radius 1 is 1.21 bits per heavy atom. The zero-order chi connectivity index (χ0) is 17.3. The van der Waals surface area contributed by atoms with Gasteiger partial charge in [-0.1, -0.05) is 63.4 Å². The fourth-order valence-electron chi connectivity index (χ4n) is 3.31. The molecular formula is C18H16BrCl2NO2. The first kappa shape index (κ1) is 17.7. The molecule has 0 amide bonds. The standard InChI is InChI=1S/C18H16BrCl2NO2/c19-14-5-2-1-4-12(14)17(13-8-7-11(20)10-15(13)21)22-9-3-6-16(22)18(23)24/h1-2,4-5,7-8,10,16-17H,3,6,9H2,(H,23,24). The number of hydrogen-bond donors (Lipinski definition) is 1. The number of likely N-dealkylation sites (tertiary alicyclic amines) is 1. The number of aliphatic carboxylic acids is 1. The van der Waals surface area contributed by atoms with Crippen LogP contribution in [0, 0.1) is 0 Å². The molecule has 1 aliphatic rings. The predicted molar refractivity (Wildman–Crippen MR) is 99.8 cm³/mol. The highest BCUT2D eigenvalue weighted by molar-refractivity contribution is 9.10. The highest BCUT2D eigenvalue weighted by Gasteiger charge is 2.38. The number of halogens is 3. The van der Waals surface area contributed by atoms with Gasteiger partial charge in [0.15, 0.2) is 0 Å². The Balaban J connectivity index is 2.14. The first-order valence-corrected chi connectivity index (χ1v) is 9.22. The Kier molecular flexibility index (Phi) is 5.50. The van der Waals surface area contributed by atoms with Crippen LogP contribution in [0.25, 0.3) is 0 Å². The minimum Gasteiger partial charge on any atom is -0.480 e. The summed E-state index contributed by atoms with van der Waals surface area (Å²) >= 11 is 16.1. The molecule has 0 aromatic heterocycles. The van der Waals surface area contributed by atoms with Crippen LogP contribution in [-0.4, -0.2) is 28.6 Å². The van der Waals surface area contributed by atoms with Crippen LogP contribution in [0.1, 0.15) is 30.0 Å². The van der Waals surface area contributed by atoms with Crippen molar-refractivity contribution in [1.82, 2.24) is 4.90 Å². The van der Waals surface area contributed by atoms with Crippen LogP contribution in [0.15, 0.2) is 46.9 Å². The zero-order valence-electron chi connectivity index (χ0n) is 12.8. The molecule has 1 heterocycles. The lowest BCUT2D eigenvalue weighted by molar-refractivity contribution is -0.142. The number of carboxylic acid groups (broad SMARTS) is 1. The van der Waals surface area contributed by atoms with E-state index in [4.69, 9.17) is 23.2 Å². The SMILES string of the molecule is O=C(O)C1CCCN1C(c1ccc(Cl)cc1Cl)c1ccccc1Br. The van der Waals surface area contributed by atoms with Crippen molar-refractivity contribution in [1.29, 1.82) is 0 Å². The van der Waals surface area contributed by atoms with Crippen LogP contribution in [0.3, 0.4) is 0 Å².